The maximum absolute atomic E-state index is 12.6. The number of hydrogen-bond acceptors (Lipinski definition) is 7. The number of piperidine rings is 2. The first-order chi connectivity index (χ1) is 17.4. The minimum absolute atomic E-state index is 0.0414. The third kappa shape index (κ3) is 6.54. The molecule has 1 atom stereocenters. The van der Waals surface area contributed by atoms with Gasteiger partial charge >= 0.3 is 0 Å². The highest BCUT2D eigenvalue weighted by molar-refractivity contribution is 5.96. The normalized spacial score (nSPS) is 18.2. The average Bonchev–Trinajstić information content (AvgIpc) is 2.91. The van der Waals surface area contributed by atoms with Crippen LogP contribution in [-0.2, 0) is 19.2 Å². The van der Waals surface area contributed by atoms with Crippen LogP contribution in [0.15, 0.2) is 18.2 Å². The lowest BCUT2D eigenvalue weighted by Crippen LogP contribution is -2.48. The van der Waals surface area contributed by atoms with Crippen molar-refractivity contribution >= 4 is 36.4 Å². The fraction of sp³-hybridized carbons (Fsp3) is 0.615. The van der Waals surface area contributed by atoms with E-state index < -0.39 is 6.04 Å². The molecule has 2 aliphatic heterocycles. The second kappa shape index (κ2) is 13.2. The van der Waals surface area contributed by atoms with Gasteiger partial charge < -0.3 is 29.5 Å². The molecule has 2 heterocycles. The van der Waals surface area contributed by atoms with Crippen LogP contribution < -0.4 is 19.9 Å². The maximum Gasteiger partial charge on any atom is 0.242 e. The fourth-order valence-corrected chi connectivity index (χ4v) is 5.25. The summed E-state index contributed by atoms with van der Waals surface area (Å²) in [5.41, 5.74) is 1.28. The van der Waals surface area contributed by atoms with Crippen molar-refractivity contribution < 1.29 is 23.9 Å². The Balaban J connectivity index is 1.74. The topological polar surface area (TPSA) is 102 Å². The number of anilines is 2. The molecule has 0 radical (unpaired) electrons. The summed E-state index contributed by atoms with van der Waals surface area (Å²) in [5.74, 6) is 0.333. The minimum atomic E-state index is -0.805. The first-order valence-electron chi connectivity index (χ1n) is 12.7. The van der Waals surface area contributed by atoms with Gasteiger partial charge in [0, 0.05) is 59.8 Å². The predicted molar refractivity (Wildman–Crippen MR) is 138 cm³/mol. The smallest absolute Gasteiger partial charge is 0.242 e. The van der Waals surface area contributed by atoms with Crippen molar-refractivity contribution in [1.29, 1.82) is 0 Å². The van der Waals surface area contributed by atoms with Crippen molar-refractivity contribution in [2.45, 2.75) is 56.7 Å². The van der Waals surface area contributed by atoms with Gasteiger partial charge in [-0.05, 0) is 44.2 Å². The van der Waals surface area contributed by atoms with Gasteiger partial charge in [-0.2, -0.15) is 0 Å². The predicted octanol–water partition coefficient (Wildman–Crippen LogP) is 1.27. The van der Waals surface area contributed by atoms with Gasteiger partial charge in [0.25, 0.3) is 0 Å². The number of nitrogens with one attached hydrogen (secondary N) is 1. The summed E-state index contributed by atoms with van der Waals surface area (Å²) in [7, 11) is 5.27. The van der Waals surface area contributed by atoms with E-state index in [-0.39, 0.29) is 24.9 Å². The van der Waals surface area contributed by atoms with Gasteiger partial charge in [-0.1, -0.05) is 6.07 Å². The zero-order chi connectivity index (χ0) is 26.1. The third-order valence-electron chi connectivity index (χ3n) is 7.19. The molecule has 1 unspecified atom stereocenters. The van der Waals surface area contributed by atoms with E-state index in [0.29, 0.717) is 29.6 Å². The molecule has 1 N–H and O–H groups in total. The van der Waals surface area contributed by atoms with Crippen molar-refractivity contribution in [3.8, 4) is 5.75 Å². The highest BCUT2D eigenvalue weighted by Gasteiger charge is 2.31. The summed E-state index contributed by atoms with van der Waals surface area (Å²) in [5, 5.41) is 2.60. The highest BCUT2D eigenvalue weighted by atomic mass is 16.5. The van der Waals surface area contributed by atoms with Crippen molar-refractivity contribution in [2.75, 3.05) is 57.1 Å². The van der Waals surface area contributed by atoms with E-state index in [1.54, 1.807) is 6.07 Å². The van der Waals surface area contributed by atoms with E-state index in [2.05, 4.69) is 10.2 Å². The van der Waals surface area contributed by atoms with Crippen LogP contribution in [0.4, 0.5) is 11.4 Å². The summed E-state index contributed by atoms with van der Waals surface area (Å²) in [4.78, 5) is 54.4. The molecule has 0 saturated carbocycles. The van der Waals surface area contributed by atoms with Crippen molar-refractivity contribution in [1.82, 2.24) is 15.1 Å². The molecule has 2 fully saturated rings. The van der Waals surface area contributed by atoms with Crippen LogP contribution >= 0.6 is 0 Å². The second-order valence-corrected chi connectivity index (χ2v) is 9.63. The number of rotatable bonds is 12. The zero-order valence-electron chi connectivity index (χ0n) is 21.6. The Bertz CT molecular complexity index is 895. The lowest BCUT2D eigenvalue weighted by molar-refractivity contribution is -0.123. The van der Waals surface area contributed by atoms with Crippen molar-refractivity contribution in [3.05, 3.63) is 18.2 Å². The molecule has 1 aromatic rings. The van der Waals surface area contributed by atoms with Gasteiger partial charge in [0.2, 0.25) is 18.7 Å². The van der Waals surface area contributed by atoms with Crippen LogP contribution in [-0.4, -0.2) is 100 Å². The summed E-state index contributed by atoms with van der Waals surface area (Å²) in [6, 6.07) is 5.22. The number of amides is 3. The lowest BCUT2D eigenvalue weighted by atomic mass is 9.99. The third-order valence-corrected chi connectivity index (χ3v) is 7.19. The van der Waals surface area contributed by atoms with E-state index in [0.717, 1.165) is 64.6 Å². The van der Waals surface area contributed by atoms with Gasteiger partial charge in [0.05, 0.1) is 5.69 Å². The summed E-state index contributed by atoms with van der Waals surface area (Å²) in [6.07, 6.45) is 6.58. The number of likely N-dealkylation sites (tertiary alicyclic amines) is 2. The van der Waals surface area contributed by atoms with Gasteiger partial charge in [-0.3, -0.25) is 19.3 Å². The van der Waals surface area contributed by atoms with Crippen LogP contribution in [0.1, 0.15) is 38.5 Å². The average molecular weight is 502 g/mol. The SMILES string of the molecule is CNC(=O)C(CCC=O)N(C=O)c1cccc(OC2CCN(C3CCN(C=O)CC3)CC2)c1N(C)C. The number of aldehydes is 1. The molecule has 0 spiro atoms. The van der Waals surface area contributed by atoms with Crippen LogP contribution in [0.3, 0.4) is 0 Å². The van der Waals surface area contributed by atoms with Crippen molar-refractivity contribution in [2.24, 2.45) is 0 Å². The number of para-hydroxylation sites is 1. The molecule has 3 amide bonds. The van der Waals surface area contributed by atoms with Gasteiger partial charge in [0.1, 0.15) is 29.9 Å². The molecule has 10 nitrogen and oxygen atoms in total. The molecule has 2 aliphatic rings. The number of benzene rings is 1. The molecule has 198 valence electrons. The minimum Gasteiger partial charge on any atom is -0.488 e. The summed E-state index contributed by atoms with van der Waals surface area (Å²) < 4.78 is 6.48. The molecule has 0 aliphatic carbocycles. The summed E-state index contributed by atoms with van der Waals surface area (Å²) >= 11 is 0. The number of ether oxygens (including phenoxy) is 1. The second-order valence-electron chi connectivity index (χ2n) is 9.63. The molecule has 1 aromatic carbocycles. The molecule has 10 heteroatoms. The largest absolute Gasteiger partial charge is 0.488 e. The number of carbonyl (C=O) groups excluding carboxylic acids is 4. The first-order valence-corrected chi connectivity index (χ1v) is 12.7. The first kappa shape index (κ1) is 27.4. The monoisotopic (exact) mass is 501 g/mol. The summed E-state index contributed by atoms with van der Waals surface area (Å²) in [6.45, 7) is 3.53. The fourth-order valence-electron chi connectivity index (χ4n) is 5.25. The Hall–Kier alpha value is -3.14. The molecule has 2 saturated heterocycles. The van der Waals surface area contributed by atoms with E-state index >= 15 is 0 Å². The van der Waals surface area contributed by atoms with Gasteiger partial charge in [-0.25, -0.2) is 0 Å². The van der Waals surface area contributed by atoms with Gasteiger partial charge in [-0.15, -0.1) is 0 Å². The Labute approximate surface area is 213 Å². The Kier molecular flexibility index (Phi) is 10.1. The molecular weight excluding hydrogens is 462 g/mol. The number of hydrogen-bond donors (Lipinski definition) is 1. The molecule has 3 rings (SSSR count). The molecular formula is C26H39N5O5. The van der Waals surface area contributed by atoms with E-state index in [1.807, 2.05) is 36.0 Å². The van der Waals surface area contributed by atoms with Gasteiger partial charge in [0.15, 0.2) is 0 Å². The molecule has 0 aromatic heterocycles. The Morgan fingerprint density at radius 2 is 1.81 bits per heavy atom. The standard InChI is InChI=1S/C26H39N5O5/c1-27-26(35)23(7-5-17-32)31(19-34)22-6-4-8-24(25(22)28(2)3)36-21-11-15-30(16-12-21)20-9-13-29(18-33)14-10-20/h4,6,8,17-21,23H,5,7,9-16H2,1-3H3,(H,27,35). The van der Waals surface area contributed by atoms with Crippen LogP contribution in [0.25, 0.3) is 0 Å². The molecule has 36 heavy (non-hydrogen) atoms. The number of likely N-dealkylation sites (N-methyl/N-ethyl adjacent to an activating group) is 1. The van der Waals surface area contributed by atoms with Crippen molar-refractivity contribution in [3.63, 3.8) is 0 Å². The van der Waals surface area contributed by atoms with E-state index in [1.165, 1.54) is 11.9 Å². The van der Waals surface area contributed by atoms with Crippen LogP contribution in [0, 0.1) is 0 Å². The molecule has 0 bridgehead atoms. The number of nitrogens with zero attached hydrogens (tertiary/aromatic N) is 4. The zero-order valence-corrected chi connectivity index (χ0v) is 21.6. The Morgan fingerprint density at radius 1 is 1.11 bits per heavy atom. The number of carbonyl (C=O) groups is 4. The van der Waals surface area contributed by atoms with Crippen LogP contribution in [0.2, 0.25) is 0 Å². The maximum atomic E-state index is 12.6. The van der Waals surface area contributed by atoms with Crippen LogP contribution in [0.5, 0.6) is 5.75 Å². The highest BCUT2D eigenvalue weighted by Crippen LogP contribution is 2.39. The lowest BCUT2D eigenvalue weighted by Gasteiger charge is -2.41. The van der Waals surface area contributed by atoms with E-state index in [4.69, 9.17) is 4.74 Å². The Morgan fingerprint density at radius 3 is 2.36 bits per heavy atom. The van der Waals surface area contributed by atoms with E-state index in [9.17, 15) is 19.2 Å². The quantitative estimate of drug-likeness (QED) is 0.431.